The van der Waals surface area contributed by atoms with Gasteiger partial charge in [0.05, 0.1) is 12.2 Å². The third-order valence-electron chi connectivity index (χ3n) is 3.53. The van der Waals surface area contributed by atoms with Gasteiger partial charge in [0.25, 0.3) is 0 Å². The lowest BCUT2D eigenvalue weighted by molar-refractivity contribution is 0.109. The van der Waals surface area contributed by atoms with E-state index in [1.807, 2.05) is 6.07 Å². The van der Waals surface area contributed by atoms with Crippen molar-refractivity contribution in [3.05, 3.63) is 34.9 Å². The standard InChI is InChI=1S/C15H20N2O/c1-11-5-3-6-12(2)15(11)14(9-16)17-10-13-7-4-8-18-13/h3,5-6,13-14,17H,4,7-8,10H2,1-2H3. The number of rotatable bonds is 4. The van der Waals surface area contributed by atoms with Gasteiger partial charge in [-0.25, -0.2) is 0 Å². The van der Waals surface area contributed by atoms with Crippen molar-refractivity contribution in [1.82, 2.24) is 5.32 Å². The molecule has 0 amide bonds. The Morgan fingerprint density at radius 2 is 2.17 bits per heavy atom. The Kier molecular flexibility index (Phi) is 4.35. The van der Waals surface area contributed by atoms with E-state index in [2.05, 4.69) is 37.4 Å². The predicted octanol–water partition coefficient (Wildman–Crippen LogP) is 2.64. The van der Waals surface area contributed by atoms with Gasteiger partial charge in [0.2, 0.25) is 0 Å². The van der Waals surface area contributed by atoms with Crippen LogP contribution in [0, 0.1) is 25.2 Å². The fraction of sp³-hybridized carbons (Fsp3) is 0.533. The molecule has 1 aliphatic rings. The monoisotopic (exact) mass is 244 g/mol. The van der Waals surface area contributed by atoms with E-state index in [1.54, 1.807) is 0 Å². The molecule has 2 rings (SSSR count). The molecular weight excluding hydrogens is 224 g/mol. The molecule has 1 aromatic carbocycles. The molecule has 1 N–H and O–H groups in total. The molecule has 3 heteroatoms. The van der Waals surface area contributed by atoms with Gasteiger partial charge in [-0.2, -0.15) is 5.26 Å². The van der Waals surface area contributed by atoms with Crippen LogP contribution in [0.2, 0.25) is 0 Å². The molecule has 1 fully saturated rings. The summed E-state index contributed by atoms with van der Waals surface area (Å²) in [6.45, 7) is 5.72. The zero-order valence-corrected chi connectivity index (χ0v) is 11.1. The maximum Gasteiger partial charge on any atom is 0.121 e. The SMILES string of the molecule is Cc1cccc(C)c1C(C#N)NCC1CCCO1. The second-order valence-corrected chi connectivity index (χ2v) is 4.91. The highest BCUT2D eigenvalue weighted by Gasteiger charge is 2.19. The summed E-state index contributed by atoms with van der Waals surface area (Å²) in [6, 6.07) is 8.26. The molecule has 2 atom stereocenters. The highest BCUT2D eigenvalue weighted by Crippen LogP contribution is 2.22. The van der Waals surface area contributed by atoms with E-state index < -0.39 is 0 Å². The number of ether oxygens (including phenoxy) is 1. The number of nitriles is 1. The minimum Gasteiger partial charge on any atom is -0.377 e. The summed E-state index contributed by atoms with van der Waals surface area (Å²) in [6.07, 6.45) is 2.50. The molecule has 0 spiro atoms. The van der Waals surface area contributed by atoms with Crippen LogP contribution in [-0.2, 0) is 4.74 Å². The lowest BCUT2D eigenvalue weighted by Crippen LogP contribution is -2.30. The molecule has 2 unspecified atom stereocenters. The lowest BCUT2D eigenvalue weighted by atomic mass is 9.97. The van der Waals surface area contributed by atoms with Crippen LogP contribution in [-0.4, -0.2) is 19.3 Å². The summed E-state index contributed by atoms with van der Waals surface area (Å²) in [4.78, 5) is 0. The maximum absolute atomic E-state index is 9.35. The summed E-state index contributed by atoms with van der Waals surface area (Å²) in [5, 5.41) is 12.7. The van der Waals surface area contributed by atoms with Crippen molar-refractivity contribution < 1.29 is 4.74 Å². The Bertz CT molecular complexity index is 424. The maximum atomic E-state index is 9.35. The summed E-state index contributed by atoms with van der Waals surface area (Å²) in [7, 11) is 0. The van der Waals surface area contributed by atoms with E-state index >= 15 is 0 Å². The van der Waals surface area contributed by atoms with Crippen LogP contribution in [0.15, 0.2) is 18.2 Å². The van der Waals surface area contributed by atoms with Crippen LogP contribution in [0.1, 0.15) is 35.6 Å². The van der Waals surface area contributed by atoms with E-state index in [0.29, 0.717) is 0 Å². The second kappa shape index (κ2) is 5.99. The number of nitrogens with zero attached hydrogens (tertiary/aromatic N) is 1. The Labute approximate surface area is 109 Å². The molecule has 1 aliphatic heterocycles. The van der Waals surface area contributed by atoms with Gasteiger partial charge < -0.3 is 4.74 Å². The molecule has 0 aromatic heterocycles. The van der Waals surface area contributed by atoms with E-state index in [4.69, 9.17) is 4.74 Å². The average molecular weight is 244 g/mol. The molecule has 1 heterocycles. The molecule has 0 aliphatic carbocycles. The molecule has 3 nitrogen and oxygen atoms in total. The van der Waals surface area contributed by atoms with Crippen molar-refractivity contribution in [2.45, 2.75) is 38.8 Å². The van der Waals surface area contributed by atoms with Gasteiger partial charge in [-0.3, -0.25) is 5.32 Å². The van der Waals surface area contributed by atoms with Crippen LogP contribution in [0.25, 0.3) is 0 Å². The zero-order chi connectivity index (χ0) is 13.0. The van der Waals surface area contributed by atoms with Crippen LogP contribution in [0.5, 0.6) is 0 Å². The van der Waals surface area contributed by atoms with Gasteiger partial charge in [0.15, 0.2) is 0 Å². The summed E-state index contributed by atoms with van der Waals surface area (Å²) in [5.74, 6) is 0. The molecule has 0 radical (unpaired) electrons. The molecule has 18 heavy (non-hydrogen) atoms. The fourth-order valence-electron chi connectivity index (χ4n) is 2.55. The van der Waals surface area contributed by atoms with Gasteiger partial charge in [-0.05, 0) is 43.4 Å². The average Bonchev–Trinajstić information content (AvgIpc) is 2.86. The van der Waals surface area contributed by atoms with Crippen molar-refractivity contribution in [2.24, 2.45) is 0 Å². The Morgan fingerprint density at radius 3 is 2.72 bits per heavy atom. The van der Waals surface area contributed by atoms with E-state index in [1.165, 1.54) is 11.1 Å². The van der Waals surface area contributed by atoms with Crippen molar-refractivity contribution in [3.8, 4) is 6.07 Å². The molecule has 1 saturated heterocycles. The first-order valence-electron chi connectivity index (χ1n) is 6.53. The molecule has 96 valence electrons. The largest absolute Gasteiger partial charge is 0.377 e. The predicted molar refractivity (Wildman–Crippen MR) is 71.2 cm³/mol. The van der Waals surface area contributed by atoms with Crippen LogP contribution >= 0.6 is 0 Å². The highest BCUT2D eigenvalue weighted by molar-refractivity contribution is 5.38. The van der Waals surface area contributed by atoms with Crippen molar-refractivity contribution >= 4 is 0 Å². The van der Waals surface area contributed by atoms with Gasteiger partial charge in [0, 0.05) is 13.2 Å². The van der Waals surface area contributed by atoms with E-state index in [-0.39, 0.29) is 12.1 Å². The van der Waals surface area contributed by atoms with E-state index in [0.717, 1.165) is 31.6 Å². The molecular formula is C15H20N2O. The number of nitrogens with one attached hydrogen (secondary N) is 1. The fourth-order valence-corrected chi connectivity index (χ4v) is 2.55. The summed E-state index contributed by atoms with van der Waals surface area (Å²) in [5.41, 5.74) is 3.45. The lowest BCUT2D eigenvalue weighted by Gasteiger charge is -2.18. The van der Waals surface area contributed by atoms with E-state index in [9.17, 15) is 5.26 Å². The highest BCUT2D eigenvalue weighted by atomic mass is 16.5. The third-order valence-corrected chi connectivity index (χ3v) is 3.53. The molecule has 0 saturated carbocycles. The smallest absolute Gasteiger partial charge is 0.121 e. The van der Waals surface area contributed by atoms with Gasteiger partial charge in [-0.15, -0.1) is 0 Å². The number of hydrogen-bond donors (Lipinski definition) is 1. The number of hydrogen-bond acceptors (Lipinski definition) is 3. The van der Waals surface area contributed by atoms with Crippen molar-refractivity contribution in [3.63, 3.8) is 0 Å². The minimum absolute atomic E-state index is 0.240. The number of aryl methyl sites for hydroxylation is 2. The van der Waals surface area contributed by atoms with Crippen LogP contribution < -0.4 is 5.32 Å². The van der Waals surface area contributed by atoms with Crippen molar-refractivity contribution in [1.29, 1.82) is 5.26 Å². The molecule has 0 bridgehead atoms. The Morgan fingerprint density at radius 1 is 1.44 bits per heavy atom. The third kappa shape index (κ3) is 2.90. The normalized spacial score (nSPS) is 20.6. The van der Waals surface area contributed by atoms with Crippen molar-refractivity contribution in [2.75, 3.05) is 13.2 Å². The zero-order valence-electron chi connectivity index (χ0n) is 11.1. The van der Waals surface area contributed by atoms with Crippen LogP contribution in [0.4, 0.5) is 0 Å². The first-order valence-corrected chi connectivity index (χ1v) is 6.53. The first-order chi connectivity index (χ1) is 8.72. The molecule has 1 aromatic rings. The van der Waals surface area contributed by atoms with Gasteiger partial charge >= 0.3 is 0 Å². The Balaban J connectivity index is 2.06. The first kappa shape index (κ1) is 13.1. The number of benzene rings is 1. The summed E-state index contributed by atoms with van der Waals surface area (Å²) >= 11 is 0. The van der Waals surface area contributed by atoms with Gasteiger partial charge in [0.1, 0.15) is 6.04 Å². The summed E-state index contributed by atoms with van der Waals surface area (Å²) < 4.78 is 5.57. The van der Waals surface area contributed by atoms with Crippen LogP contribution in [0.3, 0.4) is 0 Å². The quantitative estimate of drug-likeness (QED) is 0.885. The minimum atomic E-state index is -0.240. The van der Waals surface area contributed by atoms with Gasteiger partial charge in [-0.1, -0.05) is 18.2 Å². The second-order valence-electron chi connectivity index (χ2n) is 4.91. The Hall–Kier alpha value is -1.37. The topological polar surface area (TPSA) is 45.0 Å².